The molecule has 0 radical (unpaired) electrons. The SMILES string of the molecule is CC(C)=CCC/C(C)=C/COC(=O)C(C)=C(C)C. The Morgan fingerprint density at radius 2 is 1.61 bits per heavy atom. The number of allylic oxidation sites excluding steroid dienone is 4. The van der Waals surface area contributed by atoms with Gasteiger partial charge in [-0.25, -0.2) is 4.79 Å². The summed E-state index contributed by atoms with van der Waals surface area (Å²) >= 11 is 0. The largest absolute Gasteiger partial charge is 0.458 e. The van der Waals surface area contributed by atoms with Gasteiger partial charge in [-0.15, -0.1) is 0 Å². The Morgan fingerprint density at radius 1 is 1.00 bits per heavy atom. The van der Waals surface area contributed by atoms with Crippen molar-refractivity contribution in [2.24, 2.45) is 0 Å². The van der Waals surface area contributed by atoms with Crippen LogP contribution in [0.1, 0.15) is 54.4 Å². The average molecular weight is 250 g/mol. The van der Waals surface area contributed by atoms with Crippen LogP contribution in [-0.2, 0) is 9.53 Å². The number of ether oxygens (including phenoxy) is 1. The maximum absolute atomic E-state index is 11.6. The minimum absolute atomic E-state index is 0.219. The second-order valence-corrected chi connectivity index (χ2v) is 5.09. The number of rotatable bonds is 6. The van der Waals surface area contributed by atoms with E-state index < -0.39 is 0 Å². The van der Waals surface area contributed by atoms with Gasteiger partial charge in [0.2, 0.25) is 0 Å². The molecule has 0 unspecified atom stereocenters. The predicted octanol–water partition coefficient (Wildman–Crippen LogP) is 4.58. The van der Waals surface area contributed by atoms with Gasteiger partial charge in [-0.1, -0.05) is 22.8 Å². The van der Waals surface area contributed by atoms with Gasteiger partial charge in [-0.05, 0) is 60.5 Å². The molecule has 0 aromatic rings. The molecule has 0 fully saturated rings. The summed E-state index contributed by atoms with van der Waals surface area (Å²) in [5, 5.41) is 0. The zero-order chi connectivity index (χ0) is 14.1. The van der Waals surface area contributed by atoms with Crippen molar-refractivity contribution in [3.8, 4) is 0 Å². The maximum Gasteiger partial charge on any atom is 0.333 e. The van der Waals surface area contributed by atoms with Crippen LogP contribution in [0, 0.1) is 0 Å². The van der Waals surface area contributed by atoms with Crippen molar-refractivity contribution in [1.82, 2.24) is 0 Å². The molecular weight excluding hydrogens is 224 g/mol. The van der Waals surface area contributed by atoms with Crippen molar-refractivity contribution in [2.45, 2.75) is 54.4 Å². The van der Waals surface area contributed by atoms with E-state index in [1.807, 2.05) is 19.9 Å². The minimum Gasteiger partial charge on any atom is -0.458 e. The first kappa shape index (κ1) is 16.7. The molecule has 0 rings (SSSR count). The highest BCUT2D eigenvalue weighted by atomic mass is 16.5. The molecule has 0 N–H and O–H groups in total. The fourth-order valence-corrected chi connectivity index (χ4v) is 1.26. The third kappa shape index (κ3) is 7.88. The summed E-state index contributed by atoms with van der Waals surface area (Å²) in [7, 11) is 0. The van der Waals surface area contributed by atoms with Crippen molar-refractivity contribution in [3.05, 3.63) is 34.4 Å². The van der Waals surface area contributed by atoms with Crippen molar-refractivity contribution in [1.29, 1.82) is 0 Å². The molecule has 0 spiro atoms. The molecule has 0 aliphatic carbocycles. The fourth-order valence-electron chi connectivity index (χ4n) is 1.26. The van der Waals surface area contributed by atoms with E-state index in [-0.39, 0.29) is 5.97 Å². The van der Waals surface area contributed by atoms with E-state index in [1.165, 1.54) is 11.1 Å². The quantitative estimate of drug-likeness (QED) is 0.392. The van der Waals surface area contributed by atoms with E-state index in [0.29, 0.717) is 12.2 Å². The van der Waals surface area contributed by atoms with Crippen molar-refractivity contribution in [3.63, 3.8) is 0 Å². The second kappa shape index (κ2) is 8.73. The van der Waals surface area contributed by atoms with Gasteiger partial charge in [0.25, 0.3) is 0 Å². The number of esters is 1. The monoisotopic (exact) mass is 250 g/mol. The highest BCUT2D eigenvalue weighted by molar-refractivity contribution is 5.88. The Bertz CT molecular complexity index is 363. The molecule has 0 aromatic carbocycles. The Labute approximate surface area is 111 Å². The highest BCUT2D eigenvalue weighted by Gasteiger charge is 2.05. The van der Waals surface area contributed by atoms with Crippen LogP contribution in [0.5, 0.6) is 0 Å². The van der Waals surface area contributed by atoms with Crippen LogP contribution >= 0.6 is 0 Å². The van der Waals surface area contributed by atoms with Crippen molar-refractivity contribution >= 4 is 5.97 Å². The van der Waals surface area contributed by atoms with Crippen LogP contribution in [0.25, 0.3) is 0 Å². The summed E-state index contributed by atoms with van der Waals surface area (Å²) < 4.78 is 5.17. The lowest BCUT2D eigenvalue weighted by Crippen LogP contribution is -2.07. The van der Waals surface area contributed by atoms with E-state index in [9.17, 15) is 4.79 Å². The van der Waals surface area contributed by atoms with Gasteiger partial charge in [0.05, 0.1) is 0 Å². The predicted molar refractivity (Wildman–Crippen MR) is 77.4 cm³/mol. The molecule has 102 valence electrons. The van der Waals surface area contributed by atoms with Crippen LogP contribution in [0.15, 0.2) is 34.4 Å². The molecule has 0 atom stereocenters. The van der Waals surface area contributed by atoms with Gasteiger partial charge in [-0.2, -0.15) is 0 Å². The molecule has 18 heavy (non-hydrogen) atoms. The van der Waals surface area contributed by atoms with E-state index in [4.69, 9.17) is 4.74 Å². The average Bonchev–Trinajstić information content (AvgIpc) is 2.27. The Balaban J connectivity index is 4.06. The highest BCUT2D eigenvalue weighted by Crippen LogP contribution is 2.08. The Morgan fingerprint density at radius 3 is 2.11 bits per heavy atom. The molecule has 2 heteroatoms. The third-order valence-electron chi connectivity index (χ3n) is 2.79. The molecule has 0 bridgehead atoms. The van der Waals surface area contributed by atoms with Gasteiger partial charge < -0.3 is 4.74 Å². The lowest BCUT2D eigenvalue weighted by Gasteiger charge is -2.04. The lowest BCUT2D eigenvalue weighted by molar-refractivity contribution is -0.137. The topological polar surface area (TPSA) is 26.3 Å². The molecule has 0 aromatic heterocycles. The summed E-state index contributed by atoms with van der Waals surface area (Å²) in [6.45, 7) is 12.3. The molecule has 2 nitrogen and oxygen atoms in total. The van der Waals surface area contributed by atoms with Crippen LogP contribution in [0.3, 0.4) is 0 Å². The molecule has 0 aliphatic rings. The summed E-state index contributed by atoms with van der Waals surface area (Å²) in [6, 6.07) is 0. The van der Waals surface area contributed by atoms with E-state index in [0.717, 1.165) is 18.4 Å². The molecule has 0 saturated carbocycles. The van der Waals surface area contributed by atoms with Crippen LogP contribution in [0.4, 0.5) is 0 Å². The molecule has 0 aliphatic heterocycles. The normalized spacial score (nSPS) is 10.9. The van der Waals surface area contributed by atoms with Gasteiger partial charge in [0, 0.05) is 5.57 Å². The molecule has 0 amide bonds. The van der Waals surface area contributed by atoms with Crippen LogP contribution in [0.2, 0.25) is 0 Å². The smallest absolute Gasteiger partial charge is 0.333 e. The second-order valence-electron chi connectivity index (χ2n) is 5.09. The summed E-state index contributed by atoms with van der Waals surface area (Å²) in [4.78, 5) is 11.6. The summed E-state index contributed by atoms with van der Waals surface area (Å²) in [5.41, 5.74) is 4.30. The lowest BCUT2D eigenvalue weighted by atomic mass is 10.1. The first-order valence-corrected chi connectivity index (χ1v) is 6.44. The van der Waals surface area contributed by atoms with Crippen LogP contribution in [-0.4, -0.2) is 12.6 Å². The zero-order valence-corrected chi connectivity index (χ0v) is 12.6. The number of hydrogen-bond acceptors (Lipinski definition) is 2. The Hall–Kier alpha value is -1.31. The van der Waals surface area contributed by atoms with Gasteiger partial charge in [0.1, 0.15) is 6.61 Å². The van der Waals surface area contributed by atoms with Crippen molar-refractivity contribution in [2.75, 3.05) is 6.61 Å². The number of carbonyl (C=O) groups is 1. The molecule has 0 saturated heterocycles. The first-order valence-electron chi connectivity index (χ1n) is 6.44. The van der Waals surface area contributed by atoms with Gasteiger partial charge in [0.15, 0.2) is 0 Å². The third-order valence-corrected chi connectivity index (χ3v) is 2.79. The van der Waals surface area contributed by atoms with Crippen molar-refractivity contribution < 1.29 is 9.53 Å². The molecule has 0 heterocycles. The van der Waals surface area contributed by atoms with E-state index >= 15 is 0 Å². The van der Waals surface area contributed by atoms with E-state index in [1.54, 1.807) is 6.92 Å². The fraction of sp³-hybridized carbons (Fsp3) is 0.562. The zero-order valence-electron chi connectivity index (χ0n) is 12.6. The number of hydrogen-bond donors (Lipinski definition) is 0. The Kier molecular flexibility index (Phi) is 8.10. The van der Waals surface area contributed by atoms with Gasteiger partial charge in [-0.3, -0.25) is 0 Å². The van der Waals surface area contributed by atoms with Crippen LogP contribution < -0.4 is 0 Å². The maximum atomic E-state index is 11.6. The summed E-state index contributed by atoms with van der Waals surface area (Å²) in [6.07, 6.45) is 6.27. The summed E-state index contributed by atoms with van der Waals surface area (Å²) in [5.74, 6) is -0.219. The number of carbonyl (C=O) groups excluding carboxylic acids is 1. The van der Waals surface area contributed by atoms with E-state index in [2.05, 4.69) is 26.8 Å². The standard InChI is InChI=1S/C16H26O2/c1-12(2)8-7-9-14(5)10-11-18-16(17)15(6)13(3)4/h8,10H,7,9,11H2,1-6H3/b14-10+. The first-order chi connectivity index (χ1) is 8.34. The van der Waals surface area contributed by atoms with Gasteiger partial charge >= 0.3 is 5.97 Å². The molecular formula is C16H26O2. The minimum atomic E-state index is -0.219.